The van der Waals surface area contributed by atoms with Gasteiger partial charge in [-0.2, -0.15) is 5.10 Å². The van der Waals surface area contributed by atoms with Crippen LogP contribution >= 0.6 is 11.6 Å². The van der Waals surface area contributed by atoms with E-state index in [-0.39, 0.29) is 16.1 Å². The van der Waals surface area contributed by atoms with Crippen LogP contribution in [-0.2, 0) is 0 Å². The summed E-state index contributed by atoms with van der Waals surface area (Å²) in [7, 11) is 1.37. The minimum absolute atomic E-state index is 0.00131. The molecule has 0 bridgehead atoms. The Labute approximate surface area is 142 Å². The lowest BCUT2D eigenvalue weighted by atomic mass is 10.1. The third-order valence-corrected chi connectivity index (χ3v) is 3.44. The van der Waals surface area contributed by atoms with Gasteiger partial charge in [-0.05, 0) is 29.8 Å². The van der Waals surface area contributed by atoms with Crippen molar-refractivity contribution in [1.29, 1.82) is 0 Å². The van der Waals surface area contributed by atoms with Gasteiger partial charge >= 0.3 is 0 Å². The second kappa shape index (κ2) is 7.67. The maximum atomic E-state index is 13.7. The molecule has 2 N–H and O–H groups in total. The third kappa shape index (κ3) is 3.95. The van der Waals surface area contributed by atoms with Crippen LogP contribution in [-0.4, -0.2) is 35.3 Å². The van der Waals surface area contributed by atoms with E-state index in [4.69, 9.17) is 16.8 Å². The van der Waals surface area contributed by atoms with Crippen LogP contribution in [0, 0.1) is 5.82 Å². The van der Waals surface area contributed by atoms with Crippen LogP contribution in [0.15, 0.2) is 47.6 Å². The topological polar surface area (TPSA) is 82.0 Å². The van der Waals surface area contributed by atoms with E-state index in [0.29, 0.717) is 5.56 Å². The fourth-order valence-electron chi connectivity index (χ4n) is 1.85. The number of rotatable bonds is 4. The first-order valence-corrected chi connectivity index (χ1v) is 7.12. The van der Waals surface area contributed by atoms with Gasteiger partial charge in [0.15, 0.2) is 0 Å². The molecule has 0 fully saturated rings. The van der Waals surface area contributed by atoms with Gasteiger partial charge in [0.05, 0.1) is 16.8 Å². The Morgan fingerprint density at radius 1 is 1.25 bits per heavy atom. The standard InChI is InChI=1S/C16H13ClFN3O3/c1-21(16(23)14-12(17)3-2-4-13(14)18)19-9-10-5-7-11(8-6-10)15(22)20-24/h2-9,24H,1H3,(H,20,22)/b19-9+. The Bertz CT molecular complexity index is 773. The SMILES string of the molecule is CN(/N=C/c1ccc(C(=O)NO)cc1)C(=O)c1c(F)cccc1Cl. The molecule has 0 aromatic heterocycles. The molecule has 0 aliphatic carbocycles. The molecule has 0 aliphatic rings. The summed E-state index contributed by atoms with van der Waals surface area (Å²) in [6.45, 7) is 0. The molecule has 0 heterocycles. The number of nitrogens with zero attached hydrogens (tertiary/aromatic N) is 2. The molecule has 2 amide bonds. The van der Waals surface area contributed by atoms with Gasteiger partial charge < -0.3 is 0 Å². The summed E-state index contributed by atoms with van der Waals surface area (Å²) in [5.74, 6) is -2.06. The zero-order chi connectivity index (χ0) is 17.7. The predicted molar refractivity (Wildman–Crippen MR) is 86.8 cm³/mol. The zero-order valence-corrected chi connectivity index (χ0v) is 13.3. The lowest BCUT2D eigenvalue weighted by Crippen LogP contribution is -2.23. The minimum atomic E-state index is -0.728. The van der Waals surface area contributed by atoms with Crippen LogP contribution in [0.3, 0.4) is 0 Å². The van der Waals surface area contributed by atoms with Crippen LogP contribution in [0.2, 0.25) is 5.02 Å². The first kappa shape index (κ1) is 17.6. The van der Waals surface area contributed by atoms with Crippen molar-refractivity contribution in [3.05, 3.63) is 70.0 Å². The van der Waals surface area contributed by atoms with Gasteiger partial charge in [-0.1, -0.05) is 29.8 Å². The van der Waals surface area contributed by atoms with E-state index in [1.165, 1.54) is 43.0 Å². The van der Waals surface area contributed by atoms with Crippen molar-refractivity contribution < 1.29 is 19.2 Å². The molecular formula is C16H13ClFN3O3. The van der Waals surface area contributed by atoms with Crippen molar-refractivity contribution in [2.45, 2.75) is 0 Å². The first-order valence-electron chi connectivity index (χ1n) is 6.74. The van der Waals surface area contributed by atoms with E-state index >= 15 is 0 Å². The average molecular weight is 350 g/mol. The Morgan fingerprint density at radius 2 is 1.92 bits per heavy atom. The molecule has 0 atom stereocenters. The van der Waals surface area contributed by atoms with Gasteiger partial charge in [0.2, 0.25) is 0 Å². The second-order valence-corrected chi connectivity index (χ2v) is 5.14. The molecule has 2 aromatic rings. The lowest BCUT2D eigenvalue weighted by molar-refractivity contribution is 0.0706. The number of hydrogen-bond donors (Lipinski definition) is 2. The Balaban J connectivity index is 2.14. The van der Waals surface area contributed by atoms with Crippen molar-refractivity contribution >= 4 is 29.6 Å². The van der Waals surface area contributed by atoms with E-state index in [2.05, 4.69) is 5.10 Å². The van der Waals surface area contributed by atoms with E-state index in [1.54, 1.807) is 12.1 Å². The van der Waals surface area contributed by atoms with Gasteiger partial charge in [0.25, 0.3) is 11.8 Å². The maximum Gasteiger partial charge on any atom is 0.278 e. The minimum Gasteiger partial charge on any atom is -0.288 e. The highest BCUT2D eigenvalue weighted by Gasteiger charge is 2.19. The predicted octanol–water partition coefficient (Wildman–Crippen LogP) is 2.70. The molecule has 0 saturated carbocycles. The van der Waals surface area contributed by atoms with E-state index in [9.17, 15) is 14.0 Å². The smallest absolute Gasteiger partial charge is 0.278 e. The van der Waals surface area contributed by atoms with Crippen LogP contribution in [0.5, 0.6) is 0 Å². The molecule has 0 aliphatic heterocycles. The summed E-state index contributed by atoms with van der Waals surface area (Å²) in [6, 6.07) is 10.1. The summed E-state index contributed by atoms with van der Waals surface area (Å²) in [5.41, 5.74) is 2.13. The van der Waals surface area contributed by atoms with Crippen LogP contribution in [0.25, 0.3) is 0 Å². The summed E-state index contributed by atoms with van der Waals surface area (Å²) in [5, 5.41) is 13.4. The maximum absolute atomic E-state index is 13.7. The number of hydrazone groups is 1. The highest BCUT2D eigenvalue weighted by atomic mass is 35.5. The highest BCUT2D eigenvalue weighted by molar-refractivity contribution is 6.33. The number of benzene rings is 2. The summed E-state index contributed by atoms with van der Waals surface area (Å²) >= 11 is 5.85. The van der Waals surface area contributed by atoms with E-state index < -0.39 is 17.6 Å². The van der Waals surface area contributed by atoms with Crippen LogP contribution in [0.4, 0.5) is 4.39 Å². The lowest BCUT2D eigenvalue weighted by Gasteiger charge is -2.12. The average Bonchev–Trinajstić information content (AvgIpc) is 2.59. The van der Waals surface area contributed by atoms with Crippen LogP contribution in [0.1, 0.15) is 26.3 Å². The molecule has 2 rings (SSSR count). The summed E-state index contributed by atoms with van der Waals surface area (Å²) in [6.07, 6.45) is 1.37. The normalized spacial score (nSPS) is 10.7. The molecular weight excluding hydrogens is 337 g/mol. The molecule has 24 heavy (non-hydrogen) atoms. The zero-order valence-electron chi connectivity index (χ0n) is 12.5. The monoisotopic (exact) mass is 349 g/mol. The molecule has 8 heteroatoms. The number of nitrogens with one attached hydrogen (secondary N) is 1. The number of carbonyl (C=O) groups excluding carboxylic acids is 2. The molecule has 0 spiro atoms. The molecule has 124 valence electrons. The number of hydrogen-bond acceptors (Lipinski definition) is 4. The van der Waals surface area contributed by atoms with Crippen molar-refractivity contribution in [3.8, 4) is 0 Å². The number of hydroxylamine groups is 1. The number of carbonyl (C=O) groups is 2. The fraction of sp³-hybridized carbons (Fsp3) is 0.0625. The number of amides is 2. The molecule has 0 radical (unpaired) electrons. The molecule has 2 aromatic carbocycles. The van der Waals surface area contributed by atoms with Gasteiger partial charge in [0, 0.05) is 12.6 Å². The van der Waals surface area contributed by atoms with Gasteiger partial charge in [0.1, 0.15) is 5.82 Å². The summed E-state index contributed by atoms with van der Waals surface area (Å²) in [4.78, 5) is 23.4. The van der Waals surface area contributed by atoms with E-state index in [1.807, 2.05) is 0 Å². The van der Waals surface area contributed by atoms with Gasteiger partial charge in [-0.15, -0.1) is 0 Å². The quantitative estimate of drug-likeness (QED) is 0.506. The van der Waals surface area contributed by atoms with Crippen molar-refractivity contribution in [1.82, 2.24) is 10.5 Å². The molecule has 0 saturated heterocycles. The van der Waals surface area contributed by atoms with Crippen molar-refractivity contribution in [3.63, 3.8) is 0 Å². The van der Waals surface area contributed by atoms with Gasteiger partial charge in [-0.25, -0.2) is 14.9 Å². The first-order chi connectivity index (χ1) is 11.4. The third-order valence-electron chi connectivity index (χ3n) is 3.12. The van der Waals surface area contributed by atoms with Gasteiger partial charge in [-0.3, -0.25) is 14.8 Å². The molecule has 6 nitrogen and oxygen atoms in total. The van der Waals surface area contributed by atoms with Crippen molar-refractivity contribution in [2.24, 2.45) is 5.10 Å². The number of halogens is 2. The molecule has 0 unspecified atom stereocenters. The summed E-state index contributed by atoms with van der Waals surface area (Å²) < 4.78 is 13.7. The Kier molecular flexibility index (Phi) is 5.62. The Morgan fingerprint density at radius 3 is 2.50 bits per heavy atom. The van der Waals surface area contributed by atoms with Crippen LogP contribution < -0.4 is 5.48 Å². The van der Waals surface area contributed by atoms with Crippen molar-refractivity contribution in [2.75, 3.05) is 7.05 Å². The fourth-order valence-corrected chi connectivity index (χ4v) is 2.10. The second-order valence-electron chi connectivity index (χ2n) is 4.73. The van der Waals surface area contributed by atoms with E-state index in [0.717, 1.165) is 11.1 Å². The highest BCUT2D eigenvalue weighted by Crippen LogP contribution is 2.20. The largest absolute Gasteiger partial charge is 0.288 e. The Hall–Kier alpha value is -2.77.